The number of aliphatic hydroxyl groups excluding tert-OH is 8. The topological polar surface area (TPSA) is 415 Å². The molecule has 0 bridgehead atoms. The first-order chi connectivity index (χ1) is 56.7. The summed E-state index contributed by atoms with van der Waals surface area (Å²) in [6, 6.07) is 8.28. The highest BCUT2D eigenvalue weighted by Crippen LogP contribution is 2.48. The average molecular weight is 1570 g/mol. The minimum atomic E-state index is -2.63. The number of anilines is 3. The Labute approximate surface area is 651 Å². The van der Waals surface area contributed by atoms with Gasteiger partial charge in [0.25, 0.3) is 0 Å². The van der Waals surface area contributed by atoms with Crippen molar-refractivity contribution in [2.24, 2.45) is 0 Å². The van der Waals surface area contributed by atoms with Gasteiger partial charge in [-0.1, -0.05) is 108 Å². The van der Waals surface area contributed by atoms with Crippen molar-refractivity contribution in [3.05, 3.63) is 105 Å². The number of nitrogens with zero attached hydrogens (tertiary/aromatic N) is 15. The Morgan fingerprint density at radius 3 is 1.07 bits per heavy atom. The van der Waals surface area contributed by atoms with Crippen molar-refractivity contribution >= 4 is 86.2 Å². The second-order valence-corrected chi connectivity index (χ2v) is 29.3. The Bertz CT molecular complexity index is 5270. The number of aliphatic hydroxyl groups is 9. The maximum Gasteiger partial charge on any atom is 0.191 e. The van der Waals surface area contributed by atoms with Crippen LogP contribution in [0, 0.1) is 38.2 Å². The Hall–Kier alpha value is -7.14. The summed E-state index contributed by atoms with van der Waals surface area (Å²) in [6.07, 6.45) is -9.46. The molecule has 0 amide bonds. The molecule has 6 aliphatic carbocycles. The molecule has 0 radical (unpaired) electrons. The van der Waals surface area contributed by atoms with E-state index < -0.39 is 135 Å². The van der Waals surface area contributed by atoms with Gasteiger partial charge in [0.15, 0.2) is 66.4 Å². The Balaban J connectivity index is 0.000000157. The fourth-order valence-electron chi connectivity index (χ4n) is 13.3. The van der Waals surface area contributed by atoms with Gasteiger partial charge in [0.1, 0.15) is 54.1 Å². The Kier molecular flexibility index (Phi) is 20.6. The minimum Gasteiger partial charge on any atom is -0.394 e. The van der Waals surface area contributed by atoms with Crippen LogP contribution in [0.1, 0.15) is 166 Å². The van der Waals surface area contributed by atoms with Crippen LogP contribution in [0.3, 0.4) is 0 Å². The lowest BCUT2D eigenvalue weighted by molar-refractivity contribution is -0.0629. The highest BCUT2D eigenvalue weighted by atomic mass is 32.2. The van der Waals surface area contributed by atoms with Crippen LogP contribution in [0.5, 0.6) is 0 Å². The van der Waals surface area contributed by atoms with Gasteiger partial charge < -0.3 is 76.1 Å². The third-order valence-electron chi connectivity index (χ3n) is 19.3. The zero-order valence-electron chi connectivity index (χ0n) is 72.4. The van der Waals surface area contributed by atoms with E-state index in [9.17, 15) is 54.0 Å². The van der Waals surface area contributed by atoms with Crippen LogP contribution < -0.4 is 16.0 Å². The fourth-order valence-corrected chi connectivity index (χ4v) is 14.9. The van der Waals surface area contributed by atoms with Crippen molar-refractivity contribution in [1.82, 2.24) is 74.9 Å². The summed E-state index contributed by atoms with van der Waals surface area (Å²) in [6.45, 7) is 3.08. The molecule has 6 fully saturated rings. The number of hydrogen-bond donors (Lipinski definition) is 12. The number of benzene rings is 3. The molecule has 6 heterocycles. The van der Waals surface area contributed by atoms with Crippen molar-refractivity contribution in [3.8, 4) is 0 Å². The molecule has 30 nitrogen and oxygen atoms in total. The zero-order valence-corrected chi connectivity index (χ0v) is 61.8. The van der Waals surface area contributed by atoms with Crippen molar-refractivity contribution in [1.29, 1.82) is 0 Å². The molecule has 6 aliphatic rings. The second-order valence-electron chi connectivity index (χ2n) is 26.7. The number of nitrogens with one attached hydrogen (secondary N) is 3. The molecule has 0 aliphatic heterocycles. The summed E-state index contributed by atoms with van der Waals surface area (Å²) in [5.41, 5.74) is -0.683. The molecule has 0 unspecified atom stereocenters. The van der Waals surface area contributed by atoms with Gasteiger partial charge in [-0.05, 0) is 111 Å². The fraction of sp³-hybridized carbons (Fsp3) is 0.583. The molecule has 12 N–H and O–H groups in total. The van der Waals surface area contributed by atoms with Crippen molar-refractivity contribution in [2.45, 2.75) is 224 Å². The molecule has 6 saturated carbocycles. The van der Waals surface area contributed by atoms with Gasteiger partial charge in [0, 0.05) is 80.4 Å². The predicted octanol–water partition coefficient (Wildman–Crippen LogP) is 6.55. The van der Waals surface area contributed by atoms with E-state index in [1.54, 1.807) is 77.9 Å². The van der Waals surface area contributed by atoms with Gasteiger partial charge in [-0.15, -0.1) is 15.3 Å². The predicted molar refractivity (Wildman–Crippen MR) is 398 cm³/mol. The molecule has 582 valence electrons. The molecule has 108 heavy (non-hydrogen) atoms. The van der Waals surface area contributed by atoms with E-state index in [1.807, 2.05) is 0 Å². The lowest BCUT2D eigenvalue weighted by atomic mass is 10.1. The lowest BCUT2D eigenvalue weighted by Gasteiger charge is -2.17. The van der Waals surface area contributed by atoms with E-state index in [1.165, 1.54) is 32.2 Å². The Morgan fingerprint density at radius 1 is 0.454 bits per heavy atom. The summed E-state index contributed by atoms with van der Waals surface area (Å²) < 4.78 is 168. The summed E-state index contributed by atoms with van der Waals surface area (Å²) >= 11 is 2.36. The van der Waals surface area contributed by atoms with E-state index in [0.29, 0.717) is 52.6 Å². The molecule has 36 heteroatoms. The molecule has 3 aromatic carbocycles. The lowest BCUT2D eigenvalue weighted by Crippen LogP contribution is -2.33. The van der Waals surface area contributed by atoms with Gasteiger partial charge in [0.05, 0.1) is 85.6 Å². The molecule has 6 aromatic heterocycles. The molecule has 9 aromatic rings. The molecule has 18 atom stereocenters. The molecular weight excluding hydrogens is 1460 g/mol. The normalized spacial score (nSPS) is 32.1. The molecule has 0 saturated heterocycles. The first kappa shape index (κ1) is 63.5. The minimum absolute atomic E-state index is 0.0000297. The number of ether oxygens (including phenoxy) is 3. The number of halogens is 3. The summed E-state index contributed by atoms with van der Waals surface area (Å²) in [7, 11) is 0. The highest BCUT2D eigenvalue weighted by molar-refractivity contribution is 7.99. The van der Waals surface area contributed by atoms with Crippen LogP contribution in [0.2, 0.25) is 0 Å². The van der Waals surface area contributed by atoms with Gasteiger partial charge in [-0.3, -0.25) is 0 Å². The molecule has 15 rings (SSSR count). The number of fused-ring (bicyclic) bond motifs is 3. The van der Waals surface area contributed by atoms with Crippen LogP contribution in [0.15, 0.2) is 70.1 Å². The average Bonchev–Trinajstić information content (AvgIpc) is 1.58. The van der Waals surface area contributed by atoms with Crippen LogP contribution in [0.4, 0.5) is 30.6 Å². The smallest absolute Gasteiger partial charge is 0.191 e. The zero-order chi connectivity index (χ0) is 87.9. The van der Waals surface area contributed by atoms with E-state index >= 15 is 0 Å². The van der Waals surface area contributed by atoms with Crippen molar-refractivity contribution in [3.63, 3.8) is 0 Å². The highest BCUT2D eigenvalue weighted by Gasteiger charge is 2.49. The number of hydrogen-bond acceptors (Lipinski definition) is 30. The SMILES string of the molecule is [2H]C([2H])(CC)Sc1nc(N[C@]2([2H])C[C@H]2c2ccc(C)c(F)c2)c2nnn([C@@H]3C[C@H](OCCO)[C@@H](O)[C@H]3O)c2n1.[2H]C([2H])(CO)O[C@H]1C[C@@H](n2nnc3c(N[C@]4([2H])C[C@H]4c4ccc(C)c(F)c4)nc(SC([2H])([2H])CC)nc32)[C@H](O)[C@@H]1O.[2H]C([2H])(O)CO[C@H]1C[C@@H](n2nnc3c(N[C@]4([2H])C[C@H]4c4ccc(C)c(F)c4)nc(SC([2H])([2H])CC)nc32)[C@H](O)[C@@H]1O. The first-order valence-electron chi connectivity index (χ1n) is 41.8. The monoisotopic (exact) mass is 1570 g/mol. The van der Waals surface area contributed by atoms with E-state index in [-0.39, 0.29) is 153 Å². The maximum absolute atomic E-state index is 14.2. The number of rotatable bonds is 30. The van der Waals surface area contributed by atoms with Crippen LogP contribution in [-0.2, 0) is 14.2 Å². The third kappa shape index (κ3) is 17.5. The van der Waals surface area contributed by atoms with Crippen molar-refractivity contribution in [2.75, 3.05) is 72.6 Å². The number of aryl methyl sites for hydroxylation is 3. The largest absolute Gasteiger partial charge is 0.394 e. The van der Waals surface area contributed by atoms with Crippen LogP contribution >= 0.6 is 35.3 Å². The van der Waals surface area contributed by atoms with Crippen molar-refractivity contribution < 1.29 is 91.2 Å². The standard InChI is InChI=1S/3C24H31FN6O4S/c3*1-3-8-36-24-27-22(26-16-10-14(16)13-5-4-12(2)15(25)9-13)19-23(28-24)31(30-29-19)17-11-18(35-7-6-32)21(34)20(17)33/h3*4-5,9,14,16-18,20-21,32-34H,3,6-8,10-11H2,1-2H3,(H,26,27,28)/t3*14-,16+,17+,18-,20-,21+/m000/s1/i7D2,8D2,16D;6D2,8D2,16D;8D2,16D. The van der Waals surface area contributed by atoms with Crippen LogP contribution in [0.25, 0.3) is 33.5 Å². The quantitative estimate of drug-likeness (QED) is 0.0168. The third-order valence-corrected chi connectivity index (χ3v) is 21.7. The molecule has 0 spiro atoms. The first-order valence-corrected chi connectivity index (χ1v) is 37.7. The van der Waals surface area contributed by atoms with Crippen LogP contribution in [-0.4, -0.2) is 250 Å². The van der Waals surface area contributed by atoms with E-state index in [2.05, 4.69) is 76.8 Å². The summed E-state index contributed by atoms with van der Waals surface area (Å²) in [4.78, 5) is 26.8. The van der Waals surface area contributed by atoms with Gasteiger partial charge >= 0.3 is 0 Å². The van der Waals surface area contributed by atoms with Gasteiger partial charge in [0.2, 0.25) is 0 Å². The summed E-state index contributed by atoms with van der Waals surface area (Å²) in [5.74, 6) is -1.65. The summed E-state index contributed by atoms with van der Waals surface area (Å²) in [5, 5.41) is 126. The van der Waals surface area contributed by atoms with E-state index in [4.69, 9.17) is 37.1 Å². The maximum atomic E-state index is 14.2. The molecular formula is C72H93F3N18O12S3. The number of thioether (sulfide) groups is 3. The van der Waals surface area contributed by atoms with Gasteiger partial charge in [-0.25, -0.2) is 57.1 Å². The van der Waals surface area contributed by atoms with Gasteiger partial charge in [-0.2, -0.15) is 0 Å². The number of aromatic nitrogens is 15. The Morgan fingerprint density at radius 2 is 0.778 bits per heavy atom. The second kappa shape index (κ2) is 35.1. The van der Waals surface area contributed by atoms with E-state index in [0.717, 1.165) is 35.3 Å².